The normalized spacial score (nSPS) is 17.0. The SMILES string of the molecule is OCCOc1ccc(C2(c3ccc(OCC4CO4)cc3)c3ccccc3-c3ccccc32)cc1. The van der Waals surface area contributed by atoms with Crippen molar-refractivity contribution in [3.63, 3.8) is 0 Å². The van der Waals surface area contributed by atoms with Crippen LogP contribution in [-0.2, 0) is 10.2 Å². The van der Waals surface area contributed by atoms with Crippen molar-refractivity contribution in [1.82, 2.24) is 0 Å². The van der Waals surface area contributed by atoms with E-state index in [1.165, 1.54) is 33.4 Å². The van der Waals surface area contributed by atoms with E-state index in [1.54, 1.807) is 0 Å². The average Bonchev–Trinajstić information content (AvgIpc) is 3.69. The Labute approximate surface area is 199 Å². The summed E-state index contributed by atoms with van der Waals surface area (Å²) in [6.07, 6.45) is 0.228. The molecule has 6 rings (SSSR count). The Hall–Kier alpha value is -3.60. The smallest absolute Gasteiger partial charge is 0.119 e. The Morgan fingerprint density at radius 1 is 0.706 bits per heavy atom. The predicted molar refractivity (Wildman–Crippen MR) is 132 cm³/mol. The predicted octanol–water partition coefficient (Wildman–Crippen LogP) is 5.20. The Kier molecular flexibility index (Phi) is 5.33. The fraction of sp³-hybridized carbons (Fsp3) is 0.200. The van der Waals surface area contributed by atoms with Gasteiger partial charge >= 0.3 is 0 Å². The highest BCUT2D eigenvalue weighted by Crippen LogP contribution is 2.56. The lowest BCUT2D eigenvalue weighted by Crippen LogP contribution is -2.28. The van der Waals surface area contributed by atoms with Gasteiger partial charge in [-0.05, 0) is 57.6 Å². The number of epoxide rings is 1. The molecule has 34 heavy (non-hydrogen) atoms. The van der Waals surface area contributed by atoms with E-state index < -0.39 is 5.41 Å². The van der Waals surface area contributed by atoms with Gasteiger partial charge in [-0.1, -0.05) is 72.8 Å². The van der Waals surface area contributed by atoms with Crippen molar-refractivity contribution >= 4 is 0 Å². The third kappa shape index (κ3) is 3.47. The summed E-state index contributed by atoms with van der Waals surface area (Å²) in [4.78, 5) is 0. The Morgan fingerprint density at radius 3 is 1.71 bits per heavy atom. The molecule has 1 saturated heterocycles. The molecule has 1 aliphatic heterocycles. The lowest BCUT2D eigenvalue weighted by Gasteiger charge is -2.34. The van der Waals surface area contributed by atoms with Gasteiger partial charge in [0.1, 0.15) is 30.8 Å². The fourth-order valence-electron chi connectivity index (χ4n) is 5.14. The quantitative estimate of drug-likeness (QED) is 0.330. The van der Waals surface area contributed by atoms with E-state index >= 15 is 0 Å². The van der Waals surface area contributed by atoms with Crippen molar-refractivity contribution in [2.45, 2.75) is 11.5 Å². The van der Waals surface area contributed by atoms with Gasteiger partial charge < -0.3 is 19.3 Å². The van der Waals surface area contributed by atoms with E-state index in [4.69, 9.17) is 19.3 Å². The molecule has 1 fully saturated rings. The van der Waals surface area contributed by atoms with Crippen molar-refractivity contribution in [3.05, 3.63) is 119 Å². The Balaban J connectivity index is 1.51. The van der Waals surface area contributed by atoms with Crippen LogP contribution in [0.15, 0.2) is 97.1 Å². The first-order valence-corrected chi connectivity index (χ1v) is 11.7. The number of ether oxygens (including phenoxy) is 3. The molecule has 4 aromatic rings. The van der Waals surface area contributed by atoms with Gasteiger partial charge in [-0.3, -0.25) is 0 Å². The van der Waals surface area contributed by atoms with Gasteiger partial charge in [-0.25, -0.2) is 0 Å². The summed E-state index contributed by atoms with van der Waals surface area (Å²) in [6, 6.07) is 34.1. The van der Waals surface area contributed by atoms with Crippen LogP contribution in [0.3, 0.4) is 0 Å². The van der Waals surface area contributed by atoms with Gasteiger partial charge in [0.05, 0.1) is 18.6 Å². The van der Waals surface area contributed by atoms with Crippen LogP contribution < -0.4 is 9.47 Å². The van der Waals surface area contributed by atoms with Crippen molar-refractivity contribution in [3.8, 4) is 22.6 Å². The molecule has 4 heteroatoms. The number of aliphatic hydroxyl groups excluding tert-OH is 1. The second-order valence-corrected chi connectivity index (χ2v) is 8.73. The summed E-state index contributed by atoms with van der Waals surface area (Å²) in [6.45, 7) is 1.65. The van der Waals surface area contributed by atoms with Gasteiger partial charge in [0.25, 0.3) is 0 Å². The number of fused-ring (bicyclic) bond motifs is 3. The number of rotatable bonds is 8. The molecular formula is C30H26O4. The van der Waals surface area contributed by atoms with E-state index in [2.05, 4.69) is 84.9 Å². The molecule has 170 valence electrons. The van der Waals surface area contributed by atoms with E-state index in [9.17, 15) is 0 Å². The Bertz CT molecular complexity index is 1240. The van der Waals surface area contributed by atoms with Crippen LogP contribution in [0.2, 0.25) is 0 Å². The maximum absolute atomic E-state index is 9.12. The number of aliphatic hydroxyl groups is 1. The van der Waals surface area contributed by atoms with Gasteiger partial charge in [-0.15, -0.1) is 0 Å². The van der Waals surface area contributed by atoms with Crippen LogP contribution in [0.1, 0.15) is 22.3 Å². The molecule has 0 radical (unpaired) electrons. The second-order valence-electron chi connectivity index (χ2n) is 8.73. The van der Waals surface area contributed by atoms with E-state index in [1.807, 2.05) is 12.1 Å². The van der Waals surface area contributed by atoms with Crippen molar-refractivity contribution in [2.75, 3.05) is 26.4 Å². The van der Waals surface area contributed by atoms with Gasteiger partial charge in [-0.2, -0.15) is 0 Å². The monoisotopic (exact) mass is 450 g/mol. The molecule has 1 heterocycles. The summed E-state index contributed by atoms with van der Waals surface area (Å²) in [7, 11) is 0. The number of benzene rings is 4. The van der Waals surface area contributed by atoms with Crippen LogP contribution in [0.4, 0.5) is 0 Å². The molecular weight excluding hydrogens is 424 g/mol. The highest BCUT2D eigenvalue weighted by Gasteiger charge is 2.45. The zero-order valence-corrected chi connectivity index (χ0v) is 18.8. The van der Waals surface area contributed by atoms with Crippen molar-refractivity contribution in [2.24, 2.45) is 0 Å². The maximum Gasteiger partial charge on any atom is 0.119 e. The molecule has 1 N–H and O–H groups in total. The fourth-order valence-corrected chi connectivity index (χ4v) is 5.14. The van der Waals surface area contributed by atoms with E-state index in [-0.39, 0.29) is 19.3 Å². The average molecular weight is 451 g/mol. The first-order chi connectivity index (χ1) is 16.8. The molecule has 1 aliphatic carbocycles. The lowest BCUT2D eigenvalue weighted by atomic mass is 9.68. The highest BCUT2D eigenvalue weighted by molar-refractivity contribution is 5.86. The third-order valence-corrected chi connectivity index (χ3v) is 6.73. The summed E-state index contributed by atoms with van der Waals surface area (Å²) >= 11 is 0. The maximum atomic E-state index is 9.12. The van der Waals surface area contributed by atoms with Gasteiger partial charge in [0.15, 0.2) is 0 Å². The first-order valence-electron chi connectivity index (χ1n) is 11.7. The van der Waals surface area contributed by atoms with Gasteiger partial charge in [0, 0.05) is 0 Å². The Morgan fingerprint density at radius 2 is 1.21 bits per heavy atom. The van der Waals surface area contributed by atoms with Crippen LogP contribution in [0.25, 0.3) is 11.1 Å². The zero-order valence-electron chi connectivity index (χ0n) is 18.8. The topological polar surface area (TPSA) is 51.2 Å². The van der Waals surface area contributed by atoms with Crippen LogP contribution in [0, 0.1) is 0 Å². The first kappa shape index (κ1) is 21.0. The standard InChI is InChI=1S/C30H26O4/c31-17-18-32-23-13-9-21(10-14-23)30(22-11-15-24(16-12-22)33-19-25-20-34-25)28-7-3-1-5-26(28)27-6-2-4-8-29(27)30/h1-16,25,31H,17-20H2. The molecule has 2 aliphatic rings. The van der Waals surface area contributed by atoms with E-state index in [0.29, 0.717) is 6.61 Å². The number of hydrogen-bond acceptors (Lipinski definition) is 4. The third-order valence-electron chi connectivity index (χ3n) is 6.73. The zero-order chi connectivity index (χ0) is 23.0. The van der Waals surface area contributed by atoms with Crippen LogP contribution in [0.5, 0.6) is 11.5 Å². The highest BCUT2D eigenvalue weighted by atomic mass is 16.6. The summed E-state index contributed by atoms with van der Waals surface area (Å²) in [5.41, 5.74) is 6.93. The molecule has 4 aromatic carbocycles. The molecule has 1 unspecified atom stereocenters. The van der Waals surface area contributed by atoms with Crippen molar-refractivity contribution < 1.29 is 19.3 Å². The minimum atomic E-state index is -0.458. The second kappa shape index (κ2) is 8.64. The molecule has 1 atom stereocenters. The summed E-state index contributed by atoms with van der Waals surface area (Å²) in [5.74, 6) is 1.60. The molecule has 0 amide bonds. The molecule has 0 aromatic heterocycles. The minimum Gasteiger partial charge on any atom is -0.491 e. The molecule has 0 spiro atoms. The summed E-state index contributed by atoms with van der Waals surface area (Å²) < 4.78 is 16.8. The summed E-state index contributed by atoms with van der Waals surface area (Å²) in [5, 5.41) is 9.12. The van der Waals surface area contributed by atoms with Crippen LogP contribution in [-0.4, -0.2) is 37.6 Å². The minimum absolute atomic E-state index is 0.00622. The van der Waals surface area contributed by atoms with E-state index in [0.717, 1.165) is 18.1 Å². The molecule has 0 bridgehead atoms. The number of hydrogen-bond donors (Lipinski definition) is 1. The lowest BCUT2D eigenvalue weighted by molar-refractivity contribution is 0.201. The largest absolute Gasteiger partial charge is 0.491 e. The molecule has 0 saturated carbocycles. The van der Waals surface area contributed by atoms with Gasteiger partial charge in [0.2, 0.25) is 0 Å². The van der Waals surface area contributed by atoms with Crippen LogP contribution >= 0.6 is 0 Å². The van der Waals surface area contributed by atoms with Crippen molar-refractivity contribution in [1.29, 1.82) is 0 Å². The molecule has 4 nitrogen and oxygen atoms in total.